The quantitative estimate of drug-likeness (QED) is 0.820. The summed E-state index contributed by atoms with van der Waals surface area (Å²) in [6, 6.07) is 3.04. The lowest BCUT2D eigenvalue weighted by molar-refractivity contribution is 0.00356. The minimum absolute atomic E-state index is 0.0128. The number of hydrogen-bond acceptors (Lipinski definition) is 3. The summed E-state index contributed by atoms with van der Waals surface area (Å²) in [5.74, 6) is -0.115. The Morgan fingerprint density at radius 2 is 2.11 bits per heavy atom. The predicted octanol–water partition coefficient (Wildman–Crippen LogP) is 2.67. The van der Waals surface area contributed by atoms with Crippen LogP contribution in [0.1, 0.15) is 45.9 Å². The maximum Gasteiger partial charge on any atom is 0.141 e. The smallest absolute Gasteiger partial charge is 0.141 e. The number of aromatic nitrogens is 1. The van der Waals surface area contributed by atoms with Crippen LogP contribution in [-0.2, 0) is 0 Å². The lowest BCUT2D eigenvalue weighted by Gasteiger charge is -2.31. The first kappa shape index (κ1) is 15.1. The van der Waals surface area contributed by atoms with Crippen LogP contribution < -0.4 is 5.32 Å². The van der Waals surface area contributed by atoms with Gasteiger partial charge in [-0.05, 0) is 31.9 Å². The molecule has 0 bridgehead atoms. The lowest BCUT2D eigenvalue weighted by Crippen LogP contribution is -2.43. The van der Waals surface area contributed by atoms with E-state index in [0.717, 1.165) is 12.1 Å². The summed E-state index contributed by atoms with van der Waals surface area (Å²) < 4.78 is 12.8. The van der Waals surface area contributed by atoms with Crippen LogP contribution in [0.3, 0.4) is 0 Å². The van der Waals surface area contributed by atoms with Crippen molar-refractivity contribution in [2.75, 3.05) is 6.54 Å². The Morgan fingerprint density at radius 3 is 2.61 bits per heavy atom. The van der Waals surface area contributed by atoms with Crippen LogP contribution >= 0.6 is 0 Å². The van der Waals surface area contributed by atoms with Crippen molar-refractivity contribution in [1.29, 1.82) is 0 Å². The third kappa shape index (κ3) is 4.03. The van der Waals surface area contributed by atoms with Gasteiger partial charge in [-0.1, -0.05) is 20.3 Å². The molecule has 3 atom stereocenters. The van der Waals surface area contributed by atoms with Crippen molar-refractivity contribution in [3.63, 3.8) is 0 Å². The summed E-state index contributed by atoms with van der Waals surface area (Å²) in [6.45, 7) is 8.36. The van der Waals surface area contributed by atoms with E-state index in [0.29, 0.717) is 6.54 Å². The summed E-state index contributed by atoms with van der Waals surface area (Å²) >= 11 is 0. The van der Waals surface area contributed by atoms with Gasteiger partial charge in [-0.2, -0.15) is 0 Å². The highest BCUT2D eigenvalue weighted by molar-refractivity contribution is 5.09. The summed E-state index contributed by atoms with van der Waals surface area (Å²) in [6.07, 6.45) is 2.14. The van der Waals surface area contributed by atoms with Crippen molar-refractivity contribution < 1.29 is 9.50 Å². The van der Waals surface area contributed by atoms with E-state index in [1.165, 1.54) is 12.3 Å². The maximum atomic E-state index is 12.8. The van der Waals surface area contributed by atoms with Gasteiger partial charge >= 0.3 is 0 Å². The normalized spacial score (nSPS) is 18.1. The van der Waals surface area contributed by atoms with Gasteiger partial charge in [0.1, 0.15) is 5.82 Å². The minimum atomic E-state index is -0.747. The van der Waals surface area contributed by atoms with Gasteiger partial charge in [0, 0.05) is 12.6 Å². The zero-order valence-corrected chi connectivity index (χ0v) is 11.6. The van der Waals surface area contributed by atoms with Crippen LogP contribution in [-0.4, -0.2) is 22.2 Å². The molecule has 0 radical (unpaired) electrons. The van der Waals surface area contributed by atoms with Crippen LogP contribution in [0, 0.1) is 11.7 Å². The molecule has 0 saturated heterocycles. The summed E-state index contributed by atoms with van der Waals surface area (Å²) in [7, 11) is 0. The van der Waals surface area contributed by atoms with Gasteiger partial charge in [0.15, 0.2) is 0 Å². The van der Waals surface area contributed by atoms with Crippen molar-refractivity contribution in [2.24, 2.45) is 5.92 Å². The lowest BCUT2D eigenvalue weighted by atomic mass is 9.88. The van der Waals surface area contributed by atoms with Gasteiger partial charge in [0.25, 0.3) is 0 Å². The molecule has 2 N–H and O–H groups in total. The SMILES string of the molecule is CCC(C)C(C)(O)CNC(C)c1ccc(F)cn1. The van der Waals surface area contributed by atoms with E-state index >= 15 is 0 Å². The fourth-order valence-corrected chi connectivity index (χ4v) is 1.72. The Labute approximate surface area is 108 Å². The Bertz CT molecular complexity index is 365. The highest BCUT2D eigenvalue weighted by atomic mass is 19.1. The molecule has 1 aromatic rings. The second-order valence-corrected chi connectivity index (χ2v) is 5.17. The van der Waals surface area contributed by atoms with Crippen LogP contribution in [0.5, 0.6) is 0 Å². The first-order valence-corrected chi connectivity index (χ1v) is 6.44. The number of rotatable bonds is 6. The second kappa shape index (κ2) is 6.25. The molecule has 0 spiro atoms. The molecule has 1 rings (SSSR count). The molecule has 3 nitrogen and oxygen atoms in total. The molecule has 0 aliphatic rings. The number of halogens is 1. The van der Waals surface area contributed by atoms with Crippen LogP contribution in [0.15, 0.2) is 18.3 Å². The van der Waals surface area contributed by atoms with E-state index in [2.05, 4.69) is 17.2 Å². The first-order chi connectivity index (χ1) is 8.36. The topological polar surface area (TPSA) is 45.1 Å². The molecule has 102 valence electrons. The van der Waals surface area contributed by atoms with E-state index in [4.69, 9.17) is 0 Å². The molecule has 4 heteroatoms. The third-order valence-corrected chi connectivity index (χ3v) is 3.63. The molecule has 18 heavy (non-hydrogen) atoms. The largest absolute Gasteiger partial charge is 0.389 e. The number of nitrogens with zero attached hydrogens (tertiary/aromatic N) is 1. The molecule has 0 saturated carbocycles. The third-order valence-electron chi connectivity index (χ3n) is 3.63. The van der Waals surface area contributed by atoms with Crippen molar-refractivity contribution in [3.05, 3.63) is 29.8 Å². The van der Waals surface area contributed by atoms with Crippen molar-refractivity contribution in [1.82, 2.24) is 10.3 Å². The molecule has 1 aromatic heterocycles. The monoisotopic (exact) mass is 254 g/mol. The van der Waals surface area contributed by atoms with Crippen LogP contribution in [0.4, 0.5) is 4.39 Å². The van der Waals surface area contributed by atoms with Gasteiger partial charge in [-0.3, -0.25) is 4.98 Å². The second-order valence-electron chi connectivity index (χ2n) is 5.17. The minimum Gasteiger partial charge on any atom is -0.389 e. The summed E-state index contributed by atoms with van der Waals surface area (Å²) in [4.78, 5) is 4.02. The molecule has 0 aliphatic carbocycles. The fraction of sp³-hybridized carbons (Fsp3) is 0.643. The number of pyridine rings is 1. The molecule has 0 aliphatic heterocycles. The number of nitrogens with one attached hydrogen (secondary N) is 1. The molecule has 0 fully saturated rings. The molecule has 0 amide bonds. The number of hydrogen-bond donors (Lipinski definition) is 2. The highest BCUT2D eigenvalue weighted by Crippen LogP contribution is 2.20. The molecule has 1 heterocycles. The van der Waals surface area contributed by atoms with Gasteiger partial charge in [0.2, 0.25) is 0 Å². The Morgan fingerprint density at radius 1 is 1.44 bits per heavy atom. The molecular weight excluding hydrogens is 231 g/mol. The molecular formula is C14H23FN2O. The Hall–Kier alpha value is -1.00. The van der Waals surface area contributed by atoms with Gasteiger partial charge in [0.05, 0.1) is 17.5 Å². The standard InChI is InChI=1S/C14H23FN2O/c1-5-10(2)14(4,18)9-17-11(3)13-7-6-12(15)8-16-13/h6-8,10-11,17-18H,5,9H2,1-4H3. The van der Waals surface area contributed by atoms with E-state index < -0.39 is 5.60 Å². The molecule has 3 unspecified atom stereocenters. The fourth-order valence-electron chi connectivity index (χ4n) is 1.72. The highest BCUT2D eigenvalue weighted by Gasteiger charge is 2.27. The summed E-state index contributed by atoms with van der Waals surface area (Å²) in [5, 5.41) is 13.5. The van der Waals surface area contributed by atoms with Crippen LogP contribution in [0.2, 0.25) is 0 Å². The Kier molecular flexibility index (Phi) is 5.23. The van der Waals surface area contributed by atoms with Crippen molar-refractivity contribution in [2.45, 2.75) is 45.8 Å². The predicted molar refractivity (Wildman–Crippen MR) is 70.7 cm³/mol. The number of aliphatic hydroxyl groups is 1. The first-order valence-electron chi connectivity index (χ1n) is 6.44. The summed E-state index contributed by atoms with van der Waals surface area (Å²) in [5.41, 5.74) is 0.0274. The zero-order chi connectivity index (χ0) is 13.8. The van der Waals surface area contributed by atoms with Gasteiger partial charge in [-0.15, -0.1) is 0 Å². The van der Waals surface area contributed by atoms with Crippen molar-refractivity contribution >= 4 is 0 Å². The van der Waals surface area contributed by atoms with E-state index in [1.54, 1.807) is 6.07 Å². The Balaban J connectivity index is 2.55. The van der Waals surface area contributed by atoms with Crippen molar-refractivity contribution in [3.8, 4) is 0 Å². The zero-order valence-electron chi connectivity index (χ0n) is 11.6. The van der Waals surface area contributed by atoms with E-state index in [9.17, 15) is 9.50 Å². The molecule has 0 aromatic carbocycles. The van der Waals surface area contributed by atoms with Gasteiger partial charge < -0.3 is 10.4 Å². The average molecular weight is 254 g/mol. The average Bonchev–Trinajstić information content (AvgIpc) is 2.35. The van der Waals surface area contributed by atoms with Gasteiger partial charge in [-0.25, -0.2) is 4.39 Å². The van der Waals surface area contributed by atoms with E-state index in [-0.39, 0.29) is 17.8 Å². The van der Waals surface area contributed by atoms with E-state index in [1.807, 2.05) is 20.8 Å². The van der Waals surface area contributed by atoms with Crippen LogP contribution in [0.25, 0.3) is 0 Å². The maximum absolute atomic E-state index is 12.8.